The van der Waals surface area contributed by atoms with E-state index in [1.165, 1.54) is 23.8 Å². The van der Waals surface area contributed by atoms with E-state index in [1.54, 1.807) is 42.5 Å². The molecule has 36 heavy (non-hydrogen) atoms. The summed E-state index contributed by atoms with van der Waals surface area (Å²) in [7, 11) is 1.51. The van der Waals surface area contributed by atoms with Gasteiger partial charge in [-0.25, -0.2) is 0 Å². The highest BCUT2D eigenvalue weighted by atomic mass is 79.9. The number of nitrogens with one attached hydrogen (secondary N) is 1. The number of carbonyl (C=O) groups excluding carboxylic acids is 2. The van der Waals surface area contributed by atoms with Gasteiger partial charge in [-0.1, -0.05) is 59.3 Å². The number of hydrogen-bond donors (Lipinski definition) is 1. The first kappa shape index (κ1) is 26.2. The zero-order chi connectivity index (χ0) is 25.8. The minimum absolute atomic E-state index is 0.183. The Kier molecular flexibility index (Phi) is 8.35. The van der Waals surface area contributed by atoms with Gasteiger partial charge in [-0.15, -0.1) is 0 Å². The lowest BCUT2D eigenvalue weighted by molar-refractivity contribution is -0.118. The van der Waals surface area contributed by atoms with Crippen molar-refractivity contribution in [1.82, 2.24) is 0 Å². The third kappa shape index (κ3) is 6.10. The summed E-state index contributed by atoms with van der Waals surface area (Å²) in [4.78, 5) is 27.4. The van der Waals surface area contributed by atoms with Crippen molar-refractivity contribution in [2.75, 3.05) is 23.9 Å². The number of anilines is 2. The van der Waals surface area contributed by atoms with E-state index in [9.17, 15) is 9.59 Å². The van der Waals surface area contributed by atoms with Gasteiger partial charge in [0, 0.05) is 10.2 Å². The number of amides is 2. The van der Waals surface area contributed by atoms with E-state index >= 15 is 0 Å². The van der Waals surface area contributed by atoms with Crippen LogP contribution in [0.4, 0.5) is 11.4 Å². The minimum atomic E-state index is -0.348. The summed E-state index contributed by atoms with van der Waals surface area (Å²) in [6, 6.07) is 17.9. The fourth-order valence-corrected chi connectivity index (χ4v) is 5.07. The number of thioether (sulfide) groups is 1. The molecule has 1 aliphatic rings. The Morgan fingerprint density at radius 2 is 1.89 bits per heavy atom. The summed E-state index contributed by atoms with van der Waals surface area (Å²) >= 11 is 16.1. The second kappa shape index (κ2) is 11.5. The topological polar surface area (TPSA) is 67.9 Å². The molecule has 4 rings (SSSR count). The third-order valence-corrected chi connectivity index (χ3v) is 7.67. The number of thiocarbonyl (C=S) groups is 1. The van der Waals surface area contributed by atoms with E-state index in [0.717, 1.165) is 21.3 Å². The van der Waals surface area contributed by atoms with Gasteiger partial charge in [0.2, 0.25) is 0 Å². The number of benzene rings is 3. The molecule has 1 aliphatic heterocycles. The standard InChI is InChI=1S/C26H20BrClN2O4S2/c1-15-3-7-18(8-4-15)30-25(32)23(36-26(30)35)12-16-5-10-21(22(11-16)33-2)34-14-24(31)29-17-6-9-19(27)20(28)13-17/h3-13H,14H2,1-2H3,(H,29,31)/b23-12-. The monoisotopic (exact) mass is 602 g/mol. The van der Waals surface area contributed by atoms with Crippen LogP contribution < -0.4 is 19.7 Å². The molecule has 0 saturated carbocycles. The lowest BCUT2D eigenvalue weighted by Crippen LogP contribution is -2.27. The van der Waals surface area contributed by atoms with Crippen LogP contribution in [0, 0.1) is 6.92 Å². The quantitative estimate of drug-likeness (QED) is 0.236. The van der Waals surface area contributed by atoms with Crippen LogP contribution in [0.3, 0.4) is 0 Å². The van der Waals surface area contributed by atoms with Gasteiger partial charge in [-0.2, -0.15) is 0 Å². The Hall–Kier alpha value is -2.85. The van der Waals surface area contributed by atoms with Crippen LogP contribution in [0.1, 0.15) is 11.1 Å². The molecule has 1 heterocycles. The molecule has 0 aromatic heterocycles. The molecule has 2 amide bonds. The van der Waals surface area contributed by atoms with Gasteiger partial charge >= 0.3 is 0 Å². The number of rotatable bonds is 7. The zero-order valence-electron chi connectivity index (χ0n) is 19.2. The summed E-state index contributed by atoms with van der Waals surface area (Å²) in [5, 5.41) is 3.22. The van der Waals surface area contributed by atoms with E-state index in [4.69, 9.17) is 33.3 Å². The summed E-state index contributed by atoms with van der Waals surface area (Å²) in [6.45, 7) is 1.76. The van der Waals surface area contributed by atoms with Crippen molar-refractivity contribution in [3.05, 3.63) is 86.2 Å². The number of aryl methyl sites for hydroxylation is 1. The summed E-state index contributed by atoms with van der Waals surface area (Å²) in [5.41, 5.74) is 3.13. The molecule has 0 atom stereocenters. The van der Waals surface area contributed by atoms with Crippen molar-refractivity contribution in [2.45, 2.75) is 6.92 Å². The molecule has 10 heteroatoms. The van der Waals surface area contributed by atoms with Crippen molar-refractivity contribution >= 4 is 85.1 Å². The molecule has 184 valence electrons. The highest BCUT2D eigenvalue weighted by molar-refractivity contribution is 9.10. The highest BCUT2D eigenvalue weighted by Gasteiger charge is 2.33. The smallest absolute Gasteiger partial charge is 0.270 e. The van der Waals surface area contributed by atoms with Crippen molar-refractivity contribution in [2.24, 2.45) is 0 Å². The molecule has 1 saturated heterocycles. The minimum Gasteiger partial charge on any atom is -0.493 e. The van der Waals surface area contributed by atoms with Crippen molar-refractivity contribution in [3.8, 4) is 11.5 Å². The lowest BCUT2D eigenvalue weighted by Gasteiger charge is -2.14. The van der Waals surface area contributed by atoms with Gasteiger partial charge in [0.25, 0.3) is 11.8 Å². The van der Waals surface area contributed by atoms with Crippen LogP contribution in [-0.2, 0) is 9.59 Å². The number of hydrogen-bond acceptors (Lipinski definition) is 6. The normalized spacial score (nSPS) is 14.3. The Labute approximate surface area is 231 Å². The van der Waals surface area contributed by atoms with E-state index < -0.39 is 0 Å². The second-order valence-electron chi connectivity index (χ2n) is 7.73. The van der Waals surface area contributed by atoms with Crippen LogP contribution >= 0.6 is 51.5 Å². The van der Waals surface area contributed by atoms with E-state index in [0.29, 0.717) is 31.4 Å². The number of ether oxygens (including phenoxy) is 2. The Morgan fingerprint density at radius 3 is 2.58 bits per heavy atom. The van der Waals surface area contributed by atoms with Gasteiger partial charge in [0.05, 0.1) is 22.7 Å². The molecule has 0 bridgehead atoms. The SMILES string of the molecule is COc1cc(/C=C2\SC(=S)N(c3ccc(C)cc3)C2=O)ccc1OCC(=O)Nc1ccc(Br)c(Cl)c1. The number of methoxy groups -OCH3 is 1. The molecule has 0 aliphatic carbocycles. The maximum absolute atomic E-state index is 13.0. The second-order valence-corrected chi connectivity index (χ2v) is 10.7. The first-order valence-corrected chi connectivity index (χ1v) is 13.0. The maximum atomic E-state index is 13.0. The molecule has 0 radical (unpaired) electrons. The van der Waals surface area contributed by atoms with E-state index in [-0.39, 0.29) is 18.4 Å². The molecular weight excluding hydrogens is 584 g/mol. The lowest BCUT2D eigenvalue weighted by atomic mass is 10.1. The molecular formula is C26H20BrClN2O4S2. The number of halogens is 2. The number of nitrogens with zero attached hydrogens (tertiary/aromatic N) is 1. The first-order chi connectivity index (χ1) is 17.2. The van der Waals surface area contributed by atoms with E-state index in [2.05, 4.69) is 21.2 Å². The van der Waals surface area contributed by atoms with Crippen LogP contribution in [0.15, 0.2) is 70.0 Å². The van der Waals surface area contributed by atoms with Gasteiger partial charge < -0.3 is 14.8 Å². The predicted molar refractivity (Wildman–Crippen MR) is 153 cm³/mol. The number of carbonyl (C=O) groups is 2. The molecule has 3 aromatic carbocycles. The van der Waals surface area contributed by atoms with Gasteiger partial charge in [-0.05, 0) is 77.0 Å². The predicted octanol–water partition coefficient (Wildman–Crippen LogP) is 6.84. The summed E-state index contributed by atoms with van der Waals surface area (Å²) < 4.78 is 12.3. The maximum Gasteiger partial charge on any atom is 0.270 e. The van der Waals surface area contributed by atoms with Crippen LogP contribution in [0.2, 0.25) is 5.02 Å². The molecule has 1 fully saturated rings. The van der Waals surface area contributed by atoms with Crippen molar-refractivity contribution in [3.63, 3.8) is 0 Å². The van der Waals surface area contributed by atoms with Crippen molar-refractivity contribution in [1.29, 1.82) is 0 Å². The summed E-state index contributed by atoms with van der Waals surface area (Å²) in [5.74, 6) is 0.292. The Bertz CT molecular complexity index is 1380. The molecule has 6 nitrogen and oxygen atoms in total. The van der Waals surface area contributed by atoms with Gasteiger partial charge in [-0.3, -0.25) is 14.5 Å². The average molecular weight is 604 g/mol. The van der Waals surface area contributed by atoms with Gasteiger partial charge in [0.15, 0.2) is 22.4 Å². The molecule has 0 unspecified atom stereocenters. The van der Waals surface area contributed by atoms with Crippen molar-refractivity contribution < 1.29 is 19.1 Å². The fourth-order valence-electron chi connectivity index (χ4n) is 3.34. The largest absolute Gasteiger partial charge is 0.493 e. The van der Waals surface area contributed by atoms with E-state index in [1.807, 2.05) is 31.2 Å². The molecule has 0 spiro atoms. The Morgan fingerprint density at radius 1 is 1.14 bits per heavy atom. The third-order valence-electron chi connectivity index (χ3n) is 5.13. The average Bonchev–Trinajstić information content (AvgIpc) is 3.13. The van der Waals surface area contributed by atoms with Crippen LogP contribution in [-0.4, -0.2) is 29.9 Å². The van der Waals surface area contributed by atoms with Crippen LogP contribution in [0.5, 0.6) is 11.5 Å². The molecule has 1 N–H and O–H groups in total. The van der Waals surface area contributed by atoms with Gasteiger partial charge in [0.1, 0.15) is 0 Å². The molecule has 3 aromatic rings. The Balaban J connectivity index is 1.44. The fraction of sp³-hybridized carbons (Fsp3) is 0.115. The zero-order valence-corrected chi connectivity index (χ0v) is 23.2. The first-order valence-electron chi connectivity index (χ1n) is 10.7. The highest BCUT2D eigenvalue weighted by Crippen LogP contribution is 2.37. The summed E-state index contributed by atoms with van der Waals surface area (Å²) in [6.07, 6.45) is 1.75. The van der Waals surface area contributed by atoms with Crippen LogP contribution in [0.25, 0.3) is 6.08 Å².